The summed E-state index contributed by atoms with van der Waals surface area (Å²) in [5, 5.41) is 3.76. The molecule has 3 rings (SSSR count). The van der Waals surface area contributed by atoms with Gasteiger partial charge in [-0.15, -0.1) is 6.42 Å². The molecule has 1 fully saturated rings. The quantitative estimate of drug-likeness (QED) is 0.731. The van der Waals surface area contributed by atoms with Crippen molar-refractivity contribution in [1.82, 2.24) is 0 Å². The standard InChI is InChI=1S/C18H23N/c1-6-12-9-14(13-7-8-13)16-15(10-12)17(2,3)11-18(4,5)19-16/h1,9-10,13,19H,7-8,11H2,2-5H3. The molecule has 100 valence electrons. The van der Waals surface area contributed by atoms with Gasteiger partial charge in [-0.05, 0) is 67.7 Å². The lowest BCUT2D eigenvalue weighted by molar-refractivity contribution is 0.355. The van der Waals surface area contributed by atoms with Gasteiger partial charge in [0.05, 0.1) is 0 Å². The number of hydrogen-bond acceptors (Lipinski definition) is 1. The van der Waals surface area contributed by atoms with Gasteiger partial charge in [0, 0.05) is 16.8 Å². The SMILES string of the molecule is C#Cc1cc(C2CC2)c2c(c1)C(C)(C)CC(C)(C)N2. The average molecular weight is 253 g/mol. The third-order valence-electron chi connectivity index (χ3n) is 4.43. The van der Waals surface area contributed by atoms with E-state index in [1.54, 1.807) is 0 Å². The van der Waals surface area contributed by atoms with Crippen LogP contribution < -0.4 is 5.32 Å². The van der Waals surface area contributed by atoms with E-state index in [2.05, 4.69) is 51.1 Å². The van der Waals surface area contributed by atoms with Crippen molar-refractivity contribution in [3.63, 3.8) is 0 Å². The van der Waals surface area contributed by atoms with Crippen LogP contribution in [0.25, 0.3) is 0 Å². The molecule has 0 bridgehead atoms. The molecule has 0 saturated heterocycles. The molecule has 1 nitrogen and oxygen atoms in total. The summed E-state index contributed by atoms with van der Waals surface area (Å²) in [6.07, 6.45) is 9.39. The maximum atomic E-state index is 5.64. The van der Waals surface area contributed by atoms with Crippen molar-refractivity contribution in [1.29, 1.82) is 0 Å². The second-order valence-electron chi connectivity index (χ2n) is 7.48. The largest absolute Gasteiger partial charge is 0.380 e. The summed E-state index contributed by atoms with van der Waals surface area (Å²) in [5.41, 5.74) is 5.59. The highest BCUT2D eigenvalue weighted by molar-refractivity contribution is 5.68. The fourth-order valence-electron chi connectivity index (χ4n) is 3.72. The zero-order valence-corrected chi connectivity index (χ0v) is 12.4. The van der Waals surface area contributed by atoms with Crippen LogP contribution in [0.3, 0.4) is 0 Å². The molecule has 1 heterocycles. The van der Waals surface area contributed by atoms with E-state index >= 15 is 0 Å². The Kier molecular flexibility index (Phi) is 2.52. The van der Waals surface area contributed by atoms with E-state index < -0.39 is 0 Å². The summed E-state index contributed by atoms with van der Waals surface area (Å²) in [4.78, 5) is 0. The Balaban J connectivity index is 2.22. The topological polar surface area (TPSA) is 12.0 Å². The molecule has 1 N–H and O–H groups in total. The summed E-state index contributed by atoms with van der Waals surface area (Å²) < 4.78 is 0. The van der Waals surface area contributed by atoms with E-state index in [0.717, 1.165) is 17.9 Å². The first-order valence-corrected chi connectivity index (χ1v) is 7.26. The summed E-state index contributed by atoms with van der Waals surface area (Å²) in [6.45, 7) is 9.27. The number of anilines is 1. The minimum atomic E-state index is 0.151. The van der Waals surface area contributed by atoms with E-state index in [0.29, 0.717) is 0 Å². The van der Waals surface area contributed by atoms with Gasteiger partial charge in [-0.2, -0.15) is 0 Å². The number of nitrogens with one attached hydrogen (secondary N) is 1. The molecule has 0 aromatic heterocycles. The summed E-state index contributed by atoms with van der Waals surface area (Å²) in [7, 11) is 0. The second-order valence-corrected chi connectivity index (χ2v) is 7.48. The number of terminal acetylenes is 1. The van der Waals surface area contributed by atoms with Crippen LogP contribution in [0, 0.1) is 12.3 Å². The van der Waals surface area contributed by atoms with Gasteiger partial charge >= 0.3 is 0 Å². The van der Waals surface area contributed by atoms with E-state index in [-0.39, 0.29) is 11.0 Å². The highest BCUT2D eigenvalue weighted by atomic mass is 15.0. The van der Waals surface area contributed by atoms with Crippen molar-refractivity contribution in [2.24, 2.45) is 0 Å². The molecule has 2 aliphatic rings. The molecule has 0 unspecified atom stereocenters. The van der Waals surface area contributed by atoms with Crippen LogP contribution in [0.15, 0.2) is 12.1 Å². The summed E-state index contributed by atoms with van der Waals surface area (Å²) in [5.74, 6) is 3.55. The van der Waals surface area contributed by atoms with Crippen LogP contribution in [0.2, 0.25) is 0 Å². The number of benzene rings is 1. The third kappa shape index (κ3) is 2.14. The van der Waals surface area contributed by atoms with Crippen LogP contribution in [-0.4, -0.2) is 5.54 Å². The first kappa shape index (κ1) is 12.6. The maximum absolute atomic E-state index is 5.64. The Hall–Kier alpha value is -1.42. The molecule has 19 heavy (non-hydrogen) atoms. The molecule has 1 aromatic carbocycles. The molecule has 1 aliphatic heterocycles. The van der Waals surface area contributed by atoms with Crippen LogP contribution >= 0.6 is 0 Å². The van der Waals surface area contributed by atoms with Gasteiger partial charge in [0.2, 0.25) is 0 Å². The fraction of sp³-hybridized carbons (Fsp3) is 0.556. The van der Waals surface area contributed by atoms with Crippen molar-refractivity contribution >= 4 is 5.69 Å². The summed E-state index contributed by atoms with van der Waals surface area (Å²) in [6, 6.07) is 4.43. The zero-order valence-electron chi connectivity index (χ0n) is 12.4. The Bertz CT molecular complexity index is 568. The van der Waals surface area contributed by atoms with E-state index in [1.807, 2.05) is 0 Å². The highest BCUT2D eigenvalue weighted by Gasteiger charge is 2.40. The third-order valence-corrected chi connectivity index (χ3v) is 4.43. The van der Waals surface area contributed by atoms with Crippen molar-refractivity contribution in [3.05, 3.63) is 28.8 Å². The van der Waals surface area contributed by atoms with Crippen LogP contribution in [0.1, 0.15) is 69.6 Å². The minimum absolute atomic E-state index is 0.151. The molecular formula is C18H23N. The molecule has 1 heteroatoms. The molecular weight excluding hydrogens is 230 g/mol. The van der Waals surface area contributed by atoms with Crippen LogP contribution in [-0.2, 0) is 5.41 Å². The van der Waals surface area contributed by atoms with Crippen molar-refractivity contribution < 1.29 is 0 Å². The maximum Gasteiger partial charge on any atom is 0.0418 e. The van der Waals surface area contributed by atoms with E-state index in [9.17, 15) is 0 Å². The molecule has 0 radical (unpaired) electrons. The fourth-order valence-corrected chi connectivity index (χ4v) is 3.72. The van der Waals surface area contributed by atoms with Gasteiger partial charge in [-0.1, -0.05) is 19.8 Å². The van der Waals surface area contributed by atoms with E-state index in [4.69, 9.17) is 6.42 Å². The zero-order chi connectivity index (χ0) is 13.8. The van der Waals surface area contributed by atoms with Crippen molar-refractivity contribution in [2.45, 2.75) is 63.8 Å². The second kappa shape index (κ2) is 3.79. The Morgan fingerprint density at radius 3 is 2.47 bits per heavy atom. The molecule has 1 aliphatic carbocycles. The lowest BCUT2D eigenvalue weighted by atomic mass is 9.70. The lowest BCUT2D eigenvalue weighted by Crippen LogP contribution is -2.43. The van der Waals surface area contributed by atoms with Crippen molar-refractivity contribution in [2.75, 3.05) is 5.32 Å². The predicted octanol–water partition coefficient (Wildman–Crippen LogP) is 4.42. The van der Waals surface area contributed by atoms with Gasteiger partial charge in [0.15, 0.2) is 0 Å². The molecule has 0 spiro atoms. The smallest absolute Gasteiger partial charge is 0.0418 e. The Morgan fingerprint density at radius 1 is 1.21 bits per heavy atom. The molecule has 0 amide bonds. The molecule has 1 saturated carbocycles. The van der Waals surface area contributed by atoms with Crippen LogP contribution in [0.4, 0.5) is 5.69 Å². The number of rotatable bonds is 1. The first-order valence-electron chi connectivity index (χ1n) is 7.26. The van der Waals surface area contributed by atoms with Gasteiger partial charge in [0.1, 0.15) is 0 Å². The monoisotopic (exact) mass is 253 g/mol. The lowest BCUT2D eigenvalue weighted by Gasteiger charge is -2.44. The molecule has 0 atom stereocenters. The van der Waals surface area contributed by atoms with E-state index in [1.165, 1.54) is 29.7 Å². The Morgan fingerprint density at radius 2 is 1.89 bits per heavy atom. The summed E-state index contributed by atoms with van der Waals surface area (Å²) >= 11 is 0. The van der Waals surface area contributed by atoms with Gasteiger partial charge < -0.3 is 5.32 Å². The average Bonchev–Trinajstić information content (AvgIpc) is 3.09. The first-order chi connectivity index (χ1) is 8.82. The predicted molar refractivity (Wildman–Crippen MR) is 81.7 cm³/mol. The van der Waals surface area contributed by atoms with Gasteiger partial charge in [0.25, 0.3) is 0 Å². The van der Waals surface area contributed by atoms with Crippen LogP contribution in [0.5, 0.6) is 0 Å². The van der Waals surface area contributed by atoms with Gasteiger partial charge in [-0.3, -0.25) is 0 Å². The Labute approximate surface area is 116 Å². The molecule has 1 aromatic rings. The highest BCUT2D eigenvalue weighted by Crippen LogP contribution is 2.51. The number of fused-ring (bicyclic) bond motifs is 1. The normalized spacial score (nSPS) is 23.1. The van der Waals surface area contributed by atoms with Crippen molar-refractivity contribution in [3.8, 4) is 12.3 Å². The van der Waals surface area contributed by atoms with Gasteiger partial charge in [-0.25, -0.2) is 0 Å². The minimum Gasteiger partial charge on any atom is -0.380 e. The number of hydrogen-bond donors (Lipinski definition) is 1.